The maximum absolute atomic E-state index is 9.13. The van der Waals surface area contributed by atoms with Gasteiger partial charge in [0.1, 0.15) is 11.5 Å². The van der Waals surface area contributed by atoms with E-state index in [1.54, 1.807) is 0 Å². The number of aryl methyl sites for hydroxylation is 1. The summed E-state index contributed by atoms with van der Waals surface area (Å²) in [5, 5.41) is 9.13. The summed E-state index contributed by atoms with van der Waals surface area (Å²) in [5.74, 6) is 1.45. The first kappa shape index (κ1) is 12.6. The van der Waals surface area contributed by atoms with Crippen molar-refractivity contribution >= 4 is 0 Å². The molecule has 2 rings (SSSR count). The average Bonchev–Trinajstić information content (AvgIpc) is 2.41. The van der Waals surface area contributed by atoms with Crippen LogP contribution in [0.25, 0.3) is 0 Å². The lowest BCUT2D eigenvalue weighted by Crippen LogP contribution is -2.15. The van der Waals surface area contributed by atoms with Gasteiger partial charge in [0, 0.05) is 5.56 Å². The van der Waals surface area contributed by atoms with Crippen molar-refractivity contribution in [2.75, 3.05) is 6.61 Å². The molecule has 2 aromatic rings. The zero-order valence-corrected chi connectivity index (χ0v) is 10.3. The fourth-order valence-electron chi connectivity index (χ4n) is 1.71. The van der Waals surface area contributed by atoms with Crippen molar-refractivity contribution in [1.29, 1.82) is 0 Å². The summed E-state index contributed by atoms with van der Waals surface area (Å²) < 4.78 is 5.80. The lowest BCUT2D eigenvalue weighted by atomic mass is 10.1. The van der Waals surface area contributed by atoms with Crippen LogP contribution in [0.1, 0.15) is 17.2 Å². The first-order chi connectivity index (χ1) is 8.70. The van der Waals surface area contributed by atoms with E-state index in [9.17, 15) is 0 Å². The highest BCUT2D eigenvalue weighted by atomic mass is 16.5. The van der Waals surface area contributed by atoms with Crippen molar-refractivity contribution < 1.29 is 9.84 Å². The summed E-state index contributed by atoms with van der Waals surface area (Å²) in [7, 11) is 0. The van der Waals surface area contributed by atoms with Gasteiger partial charge in [-0.05, 0) is 25.1 Å². The van der Waals surface area contributed by atoms with Crippen molar-refractivity contribution in [2.45, 2.75) is 13.0 Å². The lowest BCUT2D eigenvalue weighted by Gasteiger charge is -2.15. The van der Waals surface area contributed by atoms with Crippen LogP contribution in [-0.4, -0.2) is 11.7 Å². The quantitative estimate of drug-likeness (QED) is 0.868. The Balaban J connectivity index is 2.26. The van der Waals surface area contributed by atoms with Crippen molar-refractivity contribution in [1.82, 2.24) is 0 Å². The summed E-state index contributed by atoms with van der Waals surface area (Å²) in [6.07, 6.45) is 0. The predicted octanol–water partition coefficient (Wildman–Crippen LogP) is 2.78. The number of rotatable bonds is 4. The van der Waals surface area contributed by atoms with Gasteiger partial charge in [0.05, 0.1) is 12.6 Å². The molecule has 0 fully saturated rings. The predicted molar refractivity (Wildman–Crippen MR) is 71.7 cm³/mol. The fourth-order valence-corrected chi connectivity index (χ4v) is 1.71. The number of benzene rings is 2. The van der Waals surface area contributed by atoms with Gasteiger partial charge in [-0.1, -0.05) is 35.9 Å². The standard InChI is InChI=1S/C15H17NO2/c1-11-6-8-12(9-7-11)18-15-5-3-2-4-13(15)14(16)10-17/h2-9,14,17H,10,16H2,1H3/t14-/m0/s1. The van der Waals surface area contributed by atoms with Crippen LogP contribution in [0.5, 0.6) is 11.5 Å². The molecule has 0 amide bonds. The van der Waals surface area contributed by atoms with Crippen LogP contribution in [0, 0.1) is 6.92 Å². The molecule has 3 N–H and O–H groups in total. The molecule has 0 aliphatic carbocycles. The second-order valence-corrected chi connectivity index (χ2v) is 4.24. The zero-order valence-electron chi connectivity index (χ0n) is 10.3. The third-order valence-corrected chi connectivity index (χ3v) is 2.76. The van der Waals surface area contributed by atoms with E-state index < -0.39 is 6.04 Å². The van der Waals surface area contributed by atoms with Gasteiger partial charge >= 0.3 is 0 Å². The number of para-hydroxylation sites is 1. The number of hydrogen-bond acceptors (Lipinski definition) is 3. The van der Waals surface area contributed by atoms with Crippen LogP contribution in [0.2, 0.25) is 0 Å². The molecular formula is C15H17NO2. The summed E-state index contributed by atoms with van der Waals surface area (Å²) in [4.78, 5) is 0. The summed E-state index contributed by atoms with van der Waals surface area (Å²) in [6.45, 7) is 1.92. The van der Waals surface area contributed by atoms with Crippen molar-refractivity contribution in [3.63, 3.8) is 0 Å². The van der Waals surface area contributed by atoms with Crippen LogP contribution in [0.3, 0.4) is 0 Å². The SMILES string of the molecule is Cc1ccc(Oc2ccccc2[C@@H](N)CO)cc1. The van der Waals surface area contributed by atoms with Gasteiger partial charge in [-0.3, -0.25) is 0 Å². The molecule has 0 aromatic heterocycles. The monoisotopic (exact) mass is 243 g/mol. The van der Waals surface area contributed by atoms with Crippen LogP contribution < -0.4 is 10.5 Å². The Hall–Kier alpha value is -1.84. The van der Waals surface area contributed by atoms with E-state index >= 15 is 0 Å². The molecule has 3 heteroatoms. The molecule has 94 valence electrons. The van der Waals surface area contributed by atoms with Crippen LogP contribution in [0.15, 0.2) is 48.5 Å². The minimum atomic E-state index is -0.424. The number of nitrogens with two attached hydrogens (primary N) is 1. The number of aliphatic hydroxyl groups excluding tert-OH is 1. The molecule has 0 heterocycles. The first-order valence-electron chi connectivity index (χ1n) is 5.90. The van der Waals surface area contributed by atoms with Gasteiger partial charge in [0.25, 0.3) is 0 Å². The first-order valence-corrected chi connectivity index (χ1v) is 5.90. The van der Waals surface area contributed by atoms with E-state index in [0.29, 0.717) is 5.75 Å². The number of hydrogen-bond donors (Lipinski definition) is 2. The third kappa shape index (κ3) is 2.88. The molecule has 0 radical (unpaired) electrons. The Kier molecular flexibility index (Phi) is 3.97. The van der Waals surface area contributed by atoms with Crippen molar-refractivity contribution in [3.05, 3.63) is 59.7 Å². The molecule has 3 nitrogen and oxygen atoms in total. The van der Waals surface area contributed by atoms with Gasteiger partial charge in [0.15, 0.2) is 0 Å². The summed E-state index contributed by atoms with van der Waals surface area (Å²) in [6, 6.07) is 14.9. The van der Waals surface area contributed by atoms with Gasteiger partial charge in [-0.15, -0.1) is 0 Å². The van der Waals surface area contributed by atoms with Crippen LogP contribution >= 0.6 is 0 Å². The normalized spacial score (nSPS) is 12.2. The molecule has 0 aliphatic rings. The highest BCUT2D eigenvalue weighted by Gasteiger charge is 2.11. The van der Waals surface area contributed by atoms with E-state index in [2.05, 4.69) is 0 Å². The van der Waals surface area contributed by atoms with E-state index in [0.717, 1.165) is 11.3 Å². The van der Waals surface area contributed by atoms with Crippen molar-refractivity contribution in [3.8, 4) is 11.5 Å². The lowest BCUT2D eigenvalue weighted by molar-refractivity contribution is 0.265. The molecule has 0 saturated carbocycles. The van der Waals surface area contributed by atoms with Crippen LogP contribution in [-0.2, 0) is 0 Å². The minimum absolute atomic E-state index is 0.103. The topological polar surface area (TPSA) is 55.5 Å². The molecule has 0 spiro atoms. The zero-order chi connectivity index (χ0) is 13.0. The van der Waals surface area contributed by atoms with Gasteiger partial charge in [0.2, 0.25) is 0 Å². The van der Waals surface area contributed by atoms with Gasteiger partial charge in [-0.2, -0.15) is 0 Å². The van der Waals surface area contributed by atoms with Crippen LogP contribution in [0.4, 0.5) is 0 Å². The molecule has 1 atom stereocenters. The highest BCUT2D eigenvalue weighted by molar-refractivity contribution is 5.40. The molecule has 18 heavy (non-hydrogen) atoms. The average molecular weight is 243 g/mol. The minimum Gasteiger partial charge on any atom is -0.457 e. The van der Waals surface area contributed by atoms with Crippen molar-refractivity contribution in [2.24, 2.45) is 5.73 Å². The largest absolute Gasteiger partial charge is 0.457 e. The highest BCUT2D eigenvalue weighted by Crippen LogP contribution is 2.28. The second kappa shape index (κ2) is 5.67. The van der Waals surface area contributed by atoms with E-state index in [1.807, 2.05) is 55.5 Å². The maximum Gasteiger partial charge on any atom is 0.132 e. The Morgan fingerprint density at radius 2 is 1.78 bits per heavy atom. The van der Waals surface area contributed by atoms with Gasteiger partial charge in [-0.25, -0.2) is 0 Å². The molecule has 2 aromatic carbocycles. The Morgan fingerprint density at radius 3 is 2.44 bits per heavy atom. The number of aliphatic hydroxyl groups is 1. The maximum atomic E-state index is 9.13. The number of ether oxygens (including phenoxy) is 1. The second-order valence-electron chi connectivity index (χ2n) is 4.24. The molecular weight excluding hydrogens is 226 g/mol. The molecule has 0 unspecified atom stereocenters. The van der Waals surface area contributed by atoms with Gasteiger partial charge < -0.3 is 15.6 Å². The Labute approximate surface area is 107 Å². The summed E-state index contributed by atoms with van der Waals surface area (Å²) in [5.41, 5.74) is 7.83. The smallest absolute Gasteiger partial charge is 0.132 e. The molecule has 0 bridgehead atoms. The molecule has 0 saturated heterocycles. The third-order valence-electron chi connectivity index (χ3n) is 2.76. The molecule has 0 aliphatic heterocycles. The fraction of sp³-hybridized carbons (Fsp3) is 0.200. The van der Waals surface area contributed by atoms with E-state index in [4.69, 9.17) is 15.6 Å². The Morgan fingerprint density at radius 1 is 1.11 bits per heavy atom. The Bertz CT molecular complexity index is 508. The van der Waals surface area contributed by atoms with E-state index in [1.165, 1.54) is 5.56 Å². The summed E-state index contributed by atoms with van der Waals surface area (Å²) >= 11 is 0. The van der Waals surface area contributed by atoms with E-state index in [-0.39, 0.29) is 6.61 Å².